The van der Waals surface area contributed by atoms with Crippen molar-refractivity contribution in [2.24, 2.45) is 0 Å². The van der Waals surface area contributed by atoms with Gasteiger partial charge in [-0.2, -0.15) is 0 Å². The normalized spacial score (nSPS) is 10.8. The number of halogens is 1. The van der Waals surface area contributed by atoms with Crippen molar-refractivity contribution in [3.63, 3.8) is 0 Å². The number of Topliss-reactive ketones (excluding diaryl/α,β-unsaturated/α-hetero) is 1. The second-order valence-corrected chi connectivity index (χ2v) is 8.86. The van der Waals surface area contributed by atoms with Crippen molar-refractivity contribution in [3.8, 4) is 28.5 Å². The molecule has 2 heterocycles. The minimum absolute atomic E-state index is 0.110. The average Bonchev–Trinajstić information content (AvgIpc) is 3.35. The number of methoxy groups -OCH3 is 3. The molecular formula is C27H25FN2O6S. The SMILES string of the molecule is CCn1cc(C(=O)CNC(=O)c2ccc(OC)c(OC)c2)c(=O)c(-c2csc3c(F)cccc23)c1OC. The van der Waals surface area contributed by atoms with Gasteiger partial charge in [0.2, 0.25) is 11.3 Å². The summed E-state index contributed by atoms with van der Waals surface area (Å²) < 4.78 is 32.3. The highest BCUT2D eigenvalue weighted by Crippen LogP contribution is 2.38. The first-order valence-corrected chi connectivity index (χ1v) is 12.2. The van der Waals surface area contributed by atoms with Gasteiger partial charge >= 0.3 is 0 Å². The summed E-state index contributed by atoms with van der Waals surface area (Å²) in [5, 5.41) is 4.79. The van der Waals surface area contributed by atoms with Gasteiger partial charge in [0.05, 0.1) is 43.7 Å². The Morgan fingerprint density at radius 3 is 2.49 bits per heavy atom. The number of aromatic nitrogens is 1. The summed E-state index contributed by atoms with van der Waals surface area (Å²) >= 11 is 1.17. The van der Waals surface area contributed by atoms with E-state index in [2.05, 4.69) is 5.32 Å². The smallest absolute Gasteiger partial charge is 0.251 e. The highest BCUT2D eigenvalue weighted by molar-refractivity contribution is 7.17. The topological polar surface area (TPSA) is 95.9 Å². The summed E-state index contributed by atoms with van der Waals surface area (Å²) in [6.07, 6.45) is 1.42. The van der Waals surface area contributed by atoms with Crippen molar-refractivity contribution in [1.29, 1.82) is 0 Å². The van der Waals surface area contributed by atoms with E-state index < -0.39 is 29.5 Å². The van der Waals surface area contributed by atoms with Gasteiger partial charge < -0.3 is 24.1 Å². The number of carbonyl (C=O) groups is 2. The molecule has 1 N–H and O–H groups in total. The average molecular weight is 525 g/mol. The monoisotopic (exact) mass is 524 g/mol. The van der Waals surface area contributed by atoms with E-state index in [1.807, 2.05) is 6.92 Å². The van der Waals surface area contributed by atoms with Crippen molar-refractivity contribution < 1.29 is 28.2 Å². The number of hydrogen-bond donors (Lipinski definition) is 1. The van der Waals surface area contributed by atoms with Crippen LogP contribution in [0.1, 0.15) is 27.6 Å². The third kappa shape index (κ3) is 4.79. The number of benzene rings is 2. The highest BCUT2D eigenvalue weighted by atomic mass is 32.1. The maximum absolute atomic E-state index is 14.3. The van der Waals surface area contributed by atoms with Gasteiger partial charge in [-0.15, -0.1) is 11.3 Å². The molecule has 192 valence electrons. The fraction of sp³-hybridized carbons (Fsp3) is 0.222. The van der Waals surface area contributed by atoms with E-state index in [1.165, 1.54) is 57.1 Å². The van der Waals surface area contributed by atoms with Crippen LogP contribution in [0.5, 0.6) is 17.4 Å². The Labute approximate surface area is 216 Å². The van der Waals surface area contributed by atoms with Gasteiger partial charge in [0.15, 0.2) is 17.3 Å². The maximum atomic E-state index is 14.3. The van der Waals surface area contributed by atoms with Gasteiger partial charge in [-0.05, 0) is 31.2 Å². The summed E-state index contributed by atoms with van der Waals surface area (Å²) in [7, 11) is 4.37. The Hall–Kier alpha value is -4.18. The largest absolute Gasteiger partial charge is 0.493 e. The fourth-order valence-electron chi connectivity index (χ4n) is 4.09. The molecule has 0 fully saturated rings. The number of nitrogens with one attached hydrogen (secondary N) is 1. The molecule has 0 bridgehead atoms. The molecule has 0 aliphatic rings. The van der Waals surface area contributed by atoms with Crippen LogP contribution in [-0.2, 0) is 6.54 Å². The van der Waals surface area contributed by atoms with Gasteiger partial charge in [0.1, 0.15) is 5.82 Å². The number of thiophene rings is 1. The summed E-state index contributed by atoms with van der Waals surface area (Å²) in [5.74, 6) is -0.391. The predicted octanol–water partition coefficient (Wildman–Crippen LogP) is 4.53. The van der Waals surface area contributed by atoms with Crippen LogP contribution in [0, 0.1) is 5.82 Å². The first kappa shape index (κ1) is 25.9. The molecule has 0 saturated carbocycles. The van der Waals surface area contributed by atoms with Gasteiger partial charge in [-0.1, -0.05) is 12.1 Å². The molecule has 4 aromatic rings. The van der Waals surface area contributed by atoms with Crippen molar-refractivity contribution in [2.75, 3.05) is 27.9 Å². The minimum Gasteiger partial charge on any atom is -0.493 e. The lowest BCUT2D eigenvalue weighted by Gasteiger charge is -2.16. The molecule has 0 radical (unpaired) electrons. The van der Waals surface area contributed by atoms with Gasteiger partial charge in [-0.25, -0.2) is 4.39 Å². The number of nitrogens with zero attached hydrogens (tertiary/aromatic N) is 1. The van der Waals surface area contributed by atoms with Crippen LogP contribution >= 0.6 is 11.3 Å². The number of fused-ring (bicyclic) bond motifs is 1. The number of aryl methyl sites for hydroxylation is 1. The third-order valence-corrected chi connectivity index (χ3v) is 6.95. The Balaban J connectivity index is 1.70. The van der Waals surface area contributed by atoms with Crippen LogP contribution in [0.25, 0.3) is 21.2 Å². The molecule has 8 nitrogen and oxygen atoms in total. The van der Waals surface area contributed by atoms with E-state index in [4.69, 9.17) is 14.2 Å². The van der Waals surface area contributed by atoms with E-state index in [-0.39, 0.29) is 22.6 Å². The van der Waals surface area contributed by atoms with Gasteiger partial charge in [-0.3, -0.25) is 14.4 Å². The first-order chi connectivity index (χ1) is 17.8. The number of hydrogen-bond acceptors (Lipinski definition) is 7. The van der Waals surface area contributed by atoms with Crippen LogP contribution < -0.4 is 25.0 Å². The zero-order valence-corrected chi connectivity index (χ0v) is 21.5. The Bertz CT molecular complexity index is 1560. The first-order valence-electron chi connectivity index (χ1n) is 11.3. The number of carbonyl (C=O) groups excluding carboxylic acids is 2. The molecule has 37 heavy (non-hydrogen) atoms. The number of ketones is 1. The van der Waals surface area contributed by atoms with Crippen LogP contribution in [0.15, 0.2) is 52.8 Å². The fourth-order valence-corrected chi connectivity index (χ4v) is 5.06. The van der Waals surface area contributed by atoms with E-state index in [1.54, 1.807) is 28.1 Å². The van der Waals surface area contributed by atoms with Crippen molar-refractivity contribution in [3.05, 3.63) is 75.1 Å². The van der Waals surface area contributed by atoms with E-state index in [0.717, 1.165) is 0 Å². The number of amides is 1. The summed E-state index contributed by atoms with van der Waals surface area (Å²) in [4.78, 5) is 39.5. The standard InChI is InChI=1S/C27H25FN2O6S/c1-5-30-13-17(20(31)12-29-26(33)15-9-10-21(34-2)22(11-15)35-3)24(32)23(27(30)36-4)18-14-37-25-16(18)7-6-8-19(25)28/h6-11,13-14H,5,12H2,1-4H3,(H,29,33). The molecule has 2 aromatic carbocycles. The number of pyridine rings is 1. The lowest BCUT2D eigenvalue weighted by atomic mass is 10.0. The van der Waals surface area contributed by atoms with Crippen LogP contribution in [0.2, 0.25) is 0 Å². The molecule has 1 amide bonds. The van der Waals surface area contributed by atoms with Gasteiger partial charge in [0, 0.05) is 34.6 Å². The zero-order valence-electron chi connectivity index (χ0n) is 20.7. The Morgan fingerprint density at radius 1 is 1.05 bits per heavy atom. The second kappa shape index (κ2) is 10.8. The van der Waals surface area contributed by atoms with Crippen LogP contribution in [0.4, 0.5) is 4.39 Å². The predicted molar refractivity (Wildman–Crippen MR) is 140 cm³/mol. The second-order valence-electron chi connectivity index (χ2n) is 7.98. The van der Waals surface area contributed by atoms with Crippen molar-refractivity contribution in [2.45, 2.75) is 13.5 Å². The molecule has 0 aliphatic carbocycles. The molecule has 2 aromatic heterocycles. The Morgan fingerprint density at radius 2 is 1.81 bits per heavy atom. The molecule has 0 unspecified atom stereocenters. The zero-order chi connectivity index (χ0) is 26.7. The number of ether oxygens (including phenoxy) is 3. The lowest BCUT2D eigenvalue weighted by Crippen LogP contribution is -2.32. The minimum atomic E-state index is -0.573. The van der Waals surface area contributed by atoms with E-state index >= 15 is 0 Å². The van der Waals surface area contributed by atoms with E-state index in [9.17, 15) is 18.8 Å². The molecular weight excluding hydrogens is 499 g/mol. The summed E-state index contributed by atoms with van der Waals surface area (Å²) in [5.41, 5.74) is 0.237. The van der Waals surface area contributed by atoms with Crippen molar-refractivity contribution in [1.82, 2.24) is 9.88 Å². The molecule has 0 atom stereocenters. The number of rotatable bonds is 9. The molecule has 0 aliphatic heterocycles. The third-order valence-electron chi connectivity index (χ3n) is 5.94. The molecule has 4 rings (SSSR count). The molecule has 0 spiro atoms. The van der Waals surface area contributed by atoms with Crippen LogP contribution in [-0.4, -0.2) is 44.1 Å². The summed E-state index contributed by atoms with van der Waals surface area (Å²) in [6.45, 7) is 1.84. The van der Waals surface area contributed by atoms with Gasteiger partial charge in [0.25, 0.3) is 5.91 Å². The summed E-state index contributed by atoms with van der Waals surface area (Å²) in [6, 6.07) is 9.26. The van der Waals surface area contributed by atoms with E-state index in [0.29, 0.717) is 33.7 Å². The highest BCUT2D eigenvalue weighted by Gasteiger charge is 2.24. The lowest BCUT2D eigenvalue weighted by molar-refractivity contribution is 0.0903. The molecule has 10 heteroatoms. The maximum Gasteiger partial charge on any atom is 0.251 e. The van der Waals surface area contributed by atoms with Crippen molar-refractivity contribution >= 4 is 33.1 Å². The molecule has 0 saturated heterocycles. The Kier molecular flexibility index (Phi) is 7.58. The van der Waals surface area contributed by atoms with Crippen LogP contribution in [0.3, 0.4) is 0 Å². The quantitative estimate of drug-likeness (QED) is 0.323.